The number of ether oxygens (including phenoxy) is 1. The minimum absolute atomic E-state index is 0. The molecule has 37 heavy (non-hydrogen) atoms. The van der Waals surface area contributed by atoms with Crippen molar-refractivity contribution in [2.75, 3.05) is 20.2 Å². The summed E-state index contributed by atoms with van der Waals surface area (Å²) in [5.74, 6) is -4.55. The van der Waals surface area contributed by atoms with E-state index in [-0.39, 0.29) is 39.8 Å². The maximum atomic E-state index is 15.0. The Morgan fingerprint density at radius 1 is 1.16 bits per heavy atom. The fourth-order valence-electron chi connectivity index (χ4n) is 6.36. The van der Waals surface area contributed by atoms with Crippen LogP contribution in [0.25, 0.3) is 10.9 Å². The maximum Gasteiger partial charge on any atom is 0.171 e. The fraction of sp³-hybridized carbons (Fsp3) is 0.393. The summed E-state index contributed by atoms with van der Waals surface area (Å²) < 4.78 is 64.4. The SMILES string of the molecule is Br.C=CC1C[N+]2(Cc3c(F)c(F)c(C)c(F)c3F)CCC1CC2[C@H](O)c1ccnc2ccc(OC)cc12. The summed E-state index contributed by atoms with van der Waals surface area (Å²) in [5.41, 5.74) is 0.0194. The Morgan fingerprint density at radius 3 is 2.51 bits per heavy atom. The van der Waals surface area contributed by atoms with Crippen LogP contribution in [-0.4, -0.2) is 40.8 Å². The van der Waals surface area contributed by atoms with Crippen molar-refractivity contribution in [2.45, 2.75) is 38.5 Å². The van der Waals surface area contributed by atoms with Gasteiger partial charge in [-0.15, -0.1) is 23.6 Å². The number of quaternary nitrogens is 1. The van der Waals surface area contributed by atoms with Crippen LogP contribution < -0.4 is 4.74 Å². The molecule has 0 aliphatic carbocycles. The first-order valence-electron chi connectivity index (χ1n) is 12.1. The molecule has 3 aliphatic heterocycles. The van der Waals surface area contributed by atoms with E-state index in [1.54, 1.807) is 37.6 Å². The summed E-state index contributed by atoms with van der Waals surface area (Å²) >= 11 is 0. The zero-order chi connectivity index (χ0) is 25.8. The quantitative estimate of drug-likeness (QED) is 0.160. The first-order chi connectivity index (χ1) is 17.2. The maximum absolute atomic E-state index is 15.0. The molecule has 0 spiro atoms. The fourth-order valence-corrected chi connectivity index (χ4v) is 6.36. The van der Waals surface area contributed by atoms with Gasteiger partial charge in [-0.1, -0.05) is 6.08 Å². The Labute approximate surface area is 223 Å². The number of rotatable bonds is 6. The van der Waals surface area contributed by atoms with Gasteiger partial charge in [-0.05, 0) is 42.7 Å². The van der Waals surface area contributed by atoms with Gasteiger partial charge in [0.1, 0.15) is 24.4 Å². The van der Waals surface area contributed by atoms with E-state index in [1.807, 2.05) is 6.08 Å². The molecule has 0 amide bonds. The molecule has 3 aliphatic rings. The van der Waals surface area contributed by atoms with E-state index in [0.717, 1.165) is 18.7 Å². The van der Waals surface area contributed by atoms with Crippen LogP contribution in [0.2, 0.25) is 0 Å². The van der Waals surface area contributed by atoms with E-state index in [0.29, 0.717) is 36.3 Å². The molecule has 3 aromatic rings. The molecule has 1 aromatic heterocycles. The summed E-state index contributed by atoms with van der Waals surface area (Å²) in [6.45, 7) is 5.69. The molecule has 3 fully saturated rings. The third-order valence-electron chi connectivity index (χ3n) is 8.39. The van der Waals surface area contributed by atoms with Gasteiger partial charge in [0.25, 0.3) is 0 Å². The molecule has 4 nitrogen and oxygen atoms in total. The van der Waals surface area contributed by atoms with Gasteiger partial charge in [0.2, 0.25) is 0 Å². The number of piperidine rings is 3. The summed E-state index contributed by atoms with van der Waals surface area (Å²) in [4.78, 5) is 4.39. The van der Waals surface area contributed by atoms with Crippen LogP contribution in [-0.2, 0) is 6.54 Å². The van der Waals surface area contributed by atoms with Crippen molar-refractivity contribution in [1.29, 1.82) is 0 Å². The number of halogens is 5. The van der Waals surface area contributed by atoms with Crippen molar-refractivity contribution in [3.63, 3.8) is 0 Å². The third kappa shape index (κ3) is 4.45. The third-order valence-corrected chi connectivity index (χ3v) is 8.39. The summed E-state index contributed by atoms with van der Waals surface area (Å²) in [6.07, 6.45) is 3.82. The Morgan fingerprint density at radius 2 is 1.86 bits per heavy atom. The van der Waals surface area contributed by atoms with Crippen LogP contribution in [0.4, 0.5) is 17.6 Å². The van der Waals surface area contributed by atoms with E-state index in [9.17, 15) is 13.9 Å². The van der Waals surface area contributed by atoms with Gasteiger partial charge in [0.15, 0.2) is 23.3 Å². The summed E-state index contributed by atoms with van der Waals surface area (Å²) in [7, 11) is 1.55. The highest BCUT2D eigenvalue weighted by molar-refractivity contribution is 8.93. The Kier molecular flexibility index (Phi) is 7.70. The number of aliphatic hydroxyl groups is 1. The number of methoxy groups -OCH3 is 1. The molecule has 4 unspecified atom stereocenters. The van der Waals surface area contributed by atoms with Gasteiger partial charge in [0.05, 0.1) is 31.3 Å². The predicted octanol–water partition coefficient (Wildman–Crippen LogP) is 6.33. The van der Waals surface area contributed by atoms with Gasteiger partial charge in [0, 0.05) is 35.9 Å². The van der Waals surface area contributed by atoms with Crippen molar-refractivity contribution in [2.24, 2.45) is 11.8 Å². The van der Waals surface area contributed by atoms with Crippen molar-refractivity contribution < 1.29 is 31.9 Å². The van der Waals surface area contributed by atoms with Crippen molar-refractivity contribution >= 4 is 27.9 Å². The number of aromatic nitrogens is 1. The first-order valence-corrected chi connectivity index (χ1v) is 12.1. The molecule has 6 rings (SSSR count). The van der Waals surface area contributed by atoms with E-state index in [2.05, 4.69) is 11.6 Å². The normalized spacial score (nSPS) is 25.5. The number of hydrogen-bond acceptors (Lipinski definition) is 3. The number of benzene rings is 2. The lowest BCUT2D eigenvalue weighted by Crippen LogP contribution is -2.67. The second kappa shape index (κ2) is 10.3. The van der Waals surface area contributed by atoms with E-state index < -0.39 is 46.5 Å². The molecule has 0 radical (unpaired) electrons. The monoisotopic (exact) mass is 581 g/mol. The zero-order valence-electron chi connectivity index (χ0n) is 20.7. The topological polar surface area (TPSA) is 42.4 Å². The molecule has 0 saturated carbocycles. The minimum Gasteiger partial charge on any atom is -0.497 e. The second-order valence-electron chi connectivity index (χ2n) is 10.1. The minimum atomic E-state index is -1.38. The molecule has 198 valence electrons. The van der Waals surface area contributed by atoms with Gasteiger partial charge in [-0.2, -0.15) is 0 Å². The molecule has 2 bridgehead atoms. The lowest BCUT2D eigenvalue weighted by Gasteiger charge is -2.58. The van der Waals surface area contributed by atoms with Crippen LogP contribution in [0, 0.1) is 42.0 Å². The second-order valence-corrected chi connectivity index (χ2v) is 10.1. The zero-order valence-corrected chi connectivity index (χ0v) is 22.4. The van der Waals surface area contributed by atoms with Crippen LogP contribution in [0.1, 0.15) is 35.6 Å². The molecule has 4 heterocycles. The van der Waals surface area contributed by atoms with Crippen molar-refractivity contribution in [3.8, 4) is 5.75 Å². The number of hydrogen-bond donors (Lipinski definition) is 1. The Bertz CT molecular complexity index is 1320. The molecule has 5 atom stereocenters. The van der Waals surface area contributed by atoms with Crippen LogP contribution >= 0.6 is 17.0 Å². The van der Waals surface area contributed by atoms with Gasteiger partial charge in [-0.25, -0.2) is 17.6 Å². The first kappa shape index (κ1) is 27.5. The van der Waals surface area contributed by atoms with Gasteiger partial charge >= 0.3 is 0 Å². The Balaban J connectivity index is 0.00000320. The van der Waals surface area contributed by atoms with Gasteiger partial charge < -0.3 is 14.3 Å². The molecular weight excluding hydrogens is 552 g/mol. The van der Waals surface area contributed by atoms with Crippen LogP contribution in [0.15, 0.2) is 43.1 Å². The molecular formula is C28H30BrF4N2O2+. The lowest BCUT2D eigenvalue weighted by atomic mass is 9.71. The predicted molar refractivity (Wildman–Crippen MR) is 138 cm³/mol. The standard InChI is InChI=1S/C28H29F4N2O2.BrH/c1-4-16-13-34(14-21-26(31)24(29)15(2)25(30)27(21)32)10-8-17(16)11-23(34)28(35)19-7-9-33-22-6-5-18(36-3)12-20(19)22;/h4-7,9,12,16-17,23,28,35H,1,8,10-11,13-14H2,2-3H3;1H/q+1;/t16?,17?,23?,28-,34?;/m1./s1. The number of aliphatic hydroxyl groups excluding tert-OH is 1. The summed E-state index contributed by atoms with van der Waals surface area (Å²) in [5, 5.41) is 12.5. The van der Waals surface area contributed by atoms with Gasteiger partial charge in [-0.3, -0.25) is 4.98 Å². The highest BCUT2D eigenvalue weighted by atomic mass is 79.9. The molecule has 9 heteroatoms. The van der Waals surface area contributed by atoms with Crippen LogP contribution in [0.5, 0.6) is 5.75 Å². The smallest absolute Gasteiger partial charge is 0.171 e. The van der Waals surface area contributed by atoms with E-state index >= 15 is 8.78 Å². The molecule has 2 aromatic carbocycles. The van der Waals surface area contributed by atoms with E-state index in [1.165, 1.54) is 0 Å². The van der Waals surface area contributed by atoms with Crippen molar-refractivity contribution in [1.82, 2.24) is 4.98 Å². The summed E-state index contributed by atoms with van der Waals surface area (Å²) in [6, 6.07) is 6.69. The van der Waals surface area contributed by atoms with Crippen molar-refractivity contribution in [3.05, 3.63) is 83.1 Å². The van der Waals surface area contributed by atoms with Crippen LogP contribution in [0.3, 0.4) is 0 Å². The average molecular weight is 582 g/mol. The Hall–Kier alpha value is -2.49. The molecule has 3 saturated heterocycles. The highest BCUT2D eigenvalue weighted by Crippen LogP contribution is 2.48. The number of pyridine rings is 1. The highest BCUT2D eigenvalue weighted by Gasteiger charge is 2.54. The number of fused-ring (bicyclic) bond motifs is 4. The average Bonchev–Trinajstić information content (AvgIpc) is 2.92. The largest absolute Gasteiger partial charge is 0.497 e. The number of nitrogens with zero attached hydrogens (tertiary/aromatic N) is 2. The van der Waals surface area contributed by atoms with E-state index in [4.69, 9.17) is 4.74 Å². The molecule has 1 N–H and O–H groups in total. The lowest BCUT2D eigenvalue weighted by molar-refractivity contribution is -0.985.